The number of aromatic carboxylic acids is 1. The van der Waals surface area contributed by atoms with Crippen LogP contribution in [0.3, 0.4) is 0 Å². The number of nitrogens with zero attached hydrogens (tertiary/aromatic N) is 1. The summed E-state index contributed by atoms with van der Waals surface area (Å²) < 4.78 is 15.3. The highest BCUT2D eigenvalue weighted by atomic mass is 35.5. The van der Waals surface area contributed by atoms with Crippen molar-refractivity contribution in [3.05, 3.63) is 67.7 Å². The Kier molecular flexibility index (Phi) is 5.11. The molecule has 136 valence electrons. The van der Waals surface area contributed by atoms with Gasteiger partial charge in [-0.15, -0.1) is 0 Å². The summed E-state index contributed by atoms with van der Waals surface area (Å²) in [5.41, 5.74) is 0.523. The second kappa shape index (κ2) is 7.31. The number of aliphatic hydroxyl groups excluding tert-OH is 1. The second-order valence-electron chi connectivity index (χ2n) is 5.92. The van der Waals surface area contributed by atoms with E-state index in [2.05, 4.69) is 5.32 Å². The van der Waals surface area contributed by atoms with E-state index in [1.54, 1.807) is 12.1 Å². The van der Waals surface area contributed by atoms with Gasteiger partial charge in [0.1, 0.15) is 17.2 Å². The Labute approximate surface area is 153 Å². The molecule has 1 aromatic carbocycles. The fourth-order valence-corrected chi connectivity index (χ4v) is 3.13. The lowest BCUT2D eigenvalue weighted by atomic mass is 10.0. The van der Waals surface area contributed by atoms with Gasteiger partial charge in [0.25, 0.3) is 5.56 Å². The van der Waals surface area contributed by atoms with E-state index in [0.717, 1.165) is 0 Å². The van der Waals surface area contributed by atoms with Gasteiger partial charge in [-0.1, -0.05) is 23.7 Å². The molecule has 0 radical (unpaired) electrons. The van der Waals surface area contributed by atoms with Crippen LogP contribution in [0.5, 0.6) is 0 Å². The maximum Gasteiger partial charge on any atom is 0.341 e. The van der Waals surface area contributed by atoms with Gasteiger partial charge in [-0.25, -0.2) is 9.18 Å². The average molecular weight is 379 g/mol. The number of hydrogen-bond donors (Lipinski definition) is 3. The molecule has 0 aliphatic carbocycles. The molecule has 0 unspecified atom stereocenters. The number of aromatic nitrogens is 1. The first-order valence-electron chi connectivity index (χ1n) is 7.91. The number of hydrogen-bond acceptors (Lipinski definition) is 4. The van der Waals surface area contributed by atoms with E-state index in [9.17, 15) is 24.2 Å². The molecule has 0 saturated carbocycles. The van der Waals surface area contributed by atoms with Crippen LogP contribution < -0.4 is 10.9 Å². The highest BCUT2D eigenvalue weighted by Crippen LogP contribution is 2.25. The van der Waals surface area contributed by atoms with Crippen LogP contribution in [0.15, 0.2) is 34.6 Å². The maximum atomic E-state index is 14.1. The Bertz CT molecular complexity index is 968. The predicted octanol–water partition coefficient (Wildman–Crippen LogP) is 2.38. The summed E-state index contributed by atoms with van der Waals surface area (Å²) in [6.07, 6.45) is 1.94. The molecule has 1 aliphatic rings. The number of carboxylic acids is 1. The Balaban J connectivity index is 2.07. The standard InChI is InChI=1S/C18H16ClFN2O4/c19-14-3-1-2-11(15(14)20)6-10-8-21-16-12(4-5-23)7-13(18(25)26)17(24)22(16)9-10/h1-3,7,9,21,23H,4-6,8H2,(H,25,26). The van der Waals surface area contributed by atoms with Crippen LogP contribution in [0.25, 0.3) is 6.20 Å². The van der Waals surface area contributed by atoms with Crippen molar-refractivity contribution in [1.29, 1.82) is 0 Å². The fourth-order valence-electron chi connectivity index (χ4n) is 2.94. The average Bonchev–Trinajstić information content (AvgIpc) is 2.61. The molecule has 2 aromatic rings. The SMILES string of the molecule is O=C(O)c1cc(CCO)c2n(c1=O)C=C(Cc1cccc(Cl)c1F)CN2. The number of carboxylic acid groups (broad SMARTS) is 1. The molecule has 0 saturated heterocycles. The first-order valence-corrected chi connectivity index (χ1v) is 8.29. The highest BCUT2D eigenvalue weighted by Gasteiger charge is 2.21. The topological polar surface area (TPSA) is 91.6 Å². The number of halogens is 2. The van der Waals surface area contributed by atoms with Crippen LogP contribution in [0.4, 0.5) is 10.2 Å². The first-order chi connectivity index (χ1) is 12.4. The summed E-state index contributed by atoms with van der Waals surface area (Å²) >= 11 is 5.79. The van der Waals surface area contributed by atoms with Gasteiger partial charge in [0.15, 0.2) is 0 Å². The summed E-state index contributed by atoms with van der Waals surface area (Å²) in [7, 11) is 0. The third-order valence-electron chi connectivity index (χ3n) is 4.17. The number of benzene rings is 1. The van der Waals surface area contributed by atoms with Gasteiger partial charge in [-0.3, -0.25) is 9.36 Å². The third kappa shape index (κ3) is 3.36. The van der Waals surface area contributed by atoms with Gasteiger partial charge in [-0.05, 0) is 41.7 Å². The molecule has 3 N–H and O–H groups in total. The Morgan fingerprint density at radius 3 is 2.81 bits per heavy atom. The van der Waals surface area contributed by atoms with Gasteiger partial charge in [0, 0.05) is 19.4 Å². The van der Waals surface area contributed by atoms with Crippen LogP contribution in [0.2, 0.25) is 5.02 Å². The lowest BCUT2D eigenvalue weighted by Gasteiger charge is -2.23. The summed E-state index contributed by atoms with van der Waals surface area (Å²) in [6, 6.07) is 5.97. The Morgan fingerprint density at radius 2 is 2.12 bits per heavy atom. The van der Waals surface area contributed by atoms with E-state index in [1.165, 1.54) is 22.9 Å². The molecule has 8 heteroatoms. The molecule has 0 atom stereocenters. The largest absolute Gasteiger partial charge is 0.477 e. The number of carbonyl (C=O) groups is 1. The molecule has 1 aromatic heterocycles. The minimum atomic E-state index is -1.34. The van der Waals surface area contributed by atoms with Crippen LogP contribution in [0.1, 0.15) is 21.5 Å². The van der Waals surface area contributed by atoms with Gasteiger partial charge in [-0.2, -0.15) is 0 Å². The Hall–Kier alpha value is -2.64. The number of pyridine rings is 1. The zero-order chi connectivity index (χ0) is 18.8. The van der Waals surface area contributed by atoms with Crippen molar-refractivity contribution < 1.29 is 19.4 Å². The van der Waals surface area contributed by atoms with E-state index in [4.69, 9.17) is 11.6 Å². The number of rotatable bonds is 5. The quantitative estimate of drug-likeness (QED) is 0.743. The van der Waals surface area contributed by atoms with Crippen molar-refractivity contribution in [2.45, 2.75) is 12.8 Å². The molecule has 26 heavy (non-hydrogen) atoms. The summed E-state index contributed by atoms with van der Waals surface area (Å²) in [4.78, 5) is 23.8. The number of fused-ring (bicyclic) bond motifs is 1. The summed E-state index contributed by atoms with van der Waals surface area (Å²) in [5.74, 6) is -1.43. The van der Waals surface area contributed by atoms with Crippen LogP contribution in [-0.2, 0) is 12.8 Å². The number of aliphatic hydroxyl groups is 1. The maximum absolute atomic E-state index is 14.1. The van der Waals surface area contributed by atoms with E-state index in [1.807, 2.05) is 0 Å². The summed E-state index contributed by atoms with van der Waals surface area (Å²) in [5, 5.41) is 21.5. The lowest BCUT2D eigenvalue weighted by molar-refractivity contribution is 0.0694. The van der Waals surface area contributed by atoms with E-state index >= 15 is 0 Å². The molecule has 1 aliphatic heterocycles. The predicted molar refractivity (Wildman–Crippen MR) is 96.3 cm³/mol. The van der Waals surface area contributed by atoms with E-state index < -0.39 is 17.3 Å². The molecule has 0 spiro atoms. The van der Waals surface area contributed by atoms with Crippen LogP contribution >= 0.6 is 11.6 Å². The number of nitrogens with one attached hydrogen (secondary N) is 1. The molecule has 2 heterocycles. The smallest absolute Gasteiger partial charge is 0.341 e. The van der Waals surface area contributed by atoms with E-state index in [0.29, 0.717) is 29.1 Å². The molecular formula is C18H16ClFN2O4. The first kappa shape index (κ1) is 18.2. The monoisotopic (exact) mass is 378 g/mol. The molecule has 0 bridgehead atoms. The van der Waals surface area contributed by atoms with Crippen molar-refractivity contribution >= 4 is 29.6 Å². The minimum Gasteiger partial charge on any atom is -0.477 e. The second-order valence-corrected chi connectivity index (χ2v) is 6.32. The van der Waals surface area contributed by atoms with Crippen molar-refractivity contribution in [2.24, 2.45) is 0 Å². The zero-order valence-corrected chi connectivity index (χ0v) is 14.4. The normalized spacial score (nSPS) is 13.0. The highest BCUT2D eigenvalue weighted by molar-refractivity contribution is 6.30. The van der Waals surface area contributed by atoms with E-state index in [-0.39, 0.29) is 30.0 Å². The van der Waals surface area contributed by atoms with Gasteiger partial charge in [0.05, 0.1) is 5.02 Å². The third-order valence-corrected chi connectivity index (χ3v) is 4.46. The lowest BCUT2D eigenvalue weighted by Crippen LogP contribution is -2.31. The molecular weight excluding hydrogens is 363 g/mol. The van der Waals surface area contributed by atoms with Crippen molar-refractivity contribution in [3.63, 3.8) is 0 Å². The minimum absolute atomic E-state index is 0.0165. The molecule has 3 rings (SSSR count). The van der Waals surface area contributed by atoms with Crippen molar-refractivity contribution in [2.75, 3.05) is 18.5 Å². The number of anilines is 1. The van der Waals surface area contributed by atoms with Gasteiger partial charge in [0.2, 0.25) is 0 Å². The van der Waals surface area contributed by atoms with Crippen molar-refractivity contribution in [3.8, 4) is 0 Å². The zero-order valence-electron chi connectivity index (χ0n) is 13.6. The molecule has 0 amide bonds. The van der Waals surface area contributed by atoms with Crippen LogP contribution in [0, 0.1) is 5.82 Å². The van der Waals surface area contributed by atoms with Crippen LogP contribution in [-0.4, -0.2) is 33.9 Å². The fraction of sp³-hybridized carbons (Fsp3) is 0.222. The van der Waals surface area contributed by atoms with Crippen molar-refractivity contribution in [1.82, 2.24) is 4.57 Å². The molecule has 0 fully saturated rings. The van der Waals surface area contributed by atoms with Gasteiger partial charge < -0.3 is 15.5 Å². The van der Waals surface area contributed by atoms with Gasteiger partial charge >= 0.3 is 5.97 Å². The molecule has 6 nitrogen and oxygen atoms in total. The summed E-state index contributed by atoms with van der Waals surface area (Å²) in [6.45, 7) is 0.173. The Morgan fingerprint density at radius 1 is 1.35 bits per heavy atom.